The van der Waals surface area contributed by atoms with Gasteiger partial charge in [0.2, 0.25) is 5.91 Å². The summed E-state index contributed by atoms with van der Waals surface area (Å²) in [5, 5.41) is 11.1. The third-order valence-electron chi connectivity index (χ3n) is 1.93. The number of ether oxygens (including phenoxy) is 1. The zero-order chi connectivity index (χ0) is 11.4. The molecule has 0 aliphatic heterocycles. The molecule has 0 spiro atoms. The van der Waals surface area contributed by atoms with Crippen molar-refractivity contribution in [2.75, 3.05) is 19.8 Å². The van der Waals surface area contributed by atoms with Crippen LogP contribution in [-0.4, -0.2) is 25.7 Å². The summed E-state index contributed by atoms with van der Waals surface area (Å²) in [7, 11) is 0. The van der Waals surface area contributed by atoms with Crippen LogP contribution in [0.2, 0.25) is 0 Å². The second-order valence-corrected chi connectivity index (χ2v) is 3.27. The average Bonchev–Trinajstić information content (AvgIpc) is 2.24. The third-order valence-corrected chi connectivity index (χ3v) is 1.93. The Balaban J connectivity index is 3.16. The van der Waals surface area contributed by atoms with Crippen LogP contribution in [-0.2, 0) is 9.53 Å². The Morgan fingerprint density at radius 2 is 2.20 bits per heavy atom. The predicted octanol–water partition coefficient (Wildman–Crippen LogP) is 1.61. The van der Waals surface area contributed by atoms with Gasteiger partial charge in [-0.1, -0.05) is 0 Å². The minimum Gasteiger partial charge on any atom is -0.382 e. The number of unbranched alkanes of at least 4 members (excludes halogenated alkanes) is 2. The molecule has 15 heavy (non-hydrogen) atoms. The maximum absolute atomic E-state index is 11.2. The van der Waals surface area contributed by atoms with Crippen LogP contribution < -0.4 is 5.32 Å². The van der Waals surface area contributed by atoms with Gasteiger partial charge in [0.05, 0.1) is 6.07 Å². The van der Waals surface area contributed by atoms with Crippen molar-refractivity contribution in [1.29, 1.82) is 5.26 Å². The quantitative estimate of drug-likeness (QED) is 0.591. The molecule has 0 bridgehead atoms. The monoisotopic (exact) mass is 212 g/mol. The maximum Gasteiger partial charge on any atom is 0.220 e. The van der Waals surface area contributed by atoms with E-state index < -0.39 is 0 Å². The molecule has 1 N–H and O–H groups in total. The first-order chi connectivity index (χ1) is 7.31. The molecule has 0 unspecified atom stereocenters. The Labute approximate surface area is 91.6 Å². The number of hydrogen-bond acceptors (Lipinski definition) is 3. The van der Waals surface area contributed by atoms with Gasteiger partial charge < -0.3 is 10.1 Å². The topological polar surface area (TPSA) is 62.1 Å². The van der Waals surface area contributed by atoms with Crippen molar-refractivity contribution in [1.82, 2.24) is 5.32 Å². The molecule has 1 amide bonds. The number of nitrogens with one attached hydrogen (secondary N) is 1. The number of carbonyl (C=O) groups is 1. The number of amides is 1. The molecule has 0 aromatic heterocycles. The SMILES string of the molecule is CCOCCCC(=O)NCCCCC#N. The van der Waals surface area contributed by atoms with Crippen molar-refractivity contribution in [3.63, 3.8) is 0 Å². The van der Waals surface area contributed by atoms with Crippen LogP contribution >= 0.6 is 0 Å². The number of carbonyl (C=O) groups excluding carboxylic acids is 1. The molecule has 0 saturated carbocycles. The van der Waals surface area contributed by atoms with Gasteiger partial charge in [-0.15, -0.1) is 0 Å². The molecule has 0 radical (unpaired) electrons. The highest BCUT2D eigenvalue weighted by atomic mass is 16.5. The average molecular weight is 212 g/mol. The summed E-state index contributed by atoms with van der Waals surface area (Å²) in [6, 6.07) is 2.07. The molecule has 0 aliphatic rings. The number of hydrogen-bond donors (Lipinski definition) is 1. The highest BCUT2D eigenvalue weighted by molar-refractivity contribution is 5.75. The van der Waals surface area contributed by atoms with E-state index in [4.69, 9.17) is 10.00 Å². The van der Waals surface area contributed by atoms with E-state index in [0.717, 1.165) is 19.3 Å². The van der Waals surface area contributed by atoms with Crippen LogP contribution in [0.3, 0.4) is 0 Å². The van der Waals surface area contributed by atoms with E-state index in [-0.39, 0.29) is 5.91 Å². The van der Waals surface area contributed by atoms with Gasteiger partial charge in [0, 0.05) is 32.6 Å². The summed E-state index contributed by atoms with van der Waals surface area (Å²) in [6.45, 7) is 3.97. The van der Waals surface area contributed by atoms with Crippen LogP contribution in [0.4, 0.5) is 0 Å². The molecule has 0 aromatic carbocycles. The van der Waals surface area contributed by atoms with Crippen molar-refractivity contribution < 1.29 is 9.53 Å². The minimum absolute atomic E-state index is 0.0756. The largest absolute Gasteiger partial charge is 0.382 e. The summed E-state index contributed by atoms with van der Waals surface area (Å²) < 4.78 is 5.13. The lowest BCUT2D eigenvalue weighted by atomic mass is 10.2. The summed E-state index contributed by atoms with van der Waals surface area (Å²) in [6.07, 6.45) is 3.61. The van der Waals surface area contributed by atoms with Gasteiger partial charge >= 0.3 is 0 Å². The Morgan fingerprint density at radius 1 is 1.40 bits per heavy atom. The molecule has 0 heterocycles. The summed E-state index contributed by atoms with van der Waals surface area (Å²) in [5.41, 5.74) is 0. The van der Waals surface area contributed by atoms with Crippen molar-refractivity contribution in [3.8, 4) is 6.07 Å². The summed E-state index contributed by atoms with van der Waals surface area (Å²) >= 11 is 0. The Hall–Kier alpha value is -1.08. The molecule has 4 heteroatoms. The molecule has 86 valence electrons. The first kappa shape index (κ1) is 13.9. The molecular weight excluding hydrogens is 192 g/mol. The number of nitrogens with zero attached hydrogens (tertiary/aromatic N) is 1. The van der Waals surface area contributed by atoms with Crippen molar-refractivity contribution in [2.24, 2.45) is 0 Å². The van der Waals surface area contributed by atoms with Gasteiger partial charge in [0.15, 0.2) is 0 Å². The number of nitriles is 1. The first-order valence-electron chi connectivity index (χ1n) is 5.52. The second kappa shape index (κ2) is 11.0. The lowest BCUT2D eigenvalue weighted by molar-refractivity contribution is -0.121. The minimum atomic E-state index is 0.0756. The number of rotatable bonds is 9. The fourth-order valence-electron chi connectivity index (χ4n) is 1.12. The lowest BCUT2D eigenvalue weighted by Crippen LogP contribution is -2.24. The van der Waals surface area contributed by atoms with E-state index in [0.29, 0.717) is 32.6 Å². The highest BCUT2D eigenvalue weighted by Gasteiger charge is 1.99. The molecule has 0 saturated heterocycles. The summed E-state index contributed by atoms with van der Waals surface area (Å²) in [5.74, 6) is 0.0756. The van der Waals surface area contributed by atoms with Crippen LogP contribution in [0, 0.1) is 11.3 Å². The molecule has 0 rings (SSSR count). The van der Waals surface area contributed by atoms with E-state index in [1.807, 2.05) is 6.92 Å². The Kier molecular flexibility index (Phi) is 10.2. The van der Waals surface area contributed by atoms with Gasteiger partial charge in [-0.25, -0.2) is 0 Å². The second-order valence-electron chi connectivity index (χ2n) is 3.27. The van der Waals surface area contributed by atoms with E-state index in [1.165, 1.54) is 0 Å². The maximum atomic E-state index is 11.2. The van der Waals surface area contributed by atoms with Crippen molar-refractivity contribution >= 4 is 5.91 Å². The standard InChI is InChI=1S/C11H20N2O2/c1-2-15-10-6-7-11(14)13-9-5-3-4-8-12/h2-7,9-10H2,1H3,(H,13,14). The Bertz CT molecular complexity index is 199. The molecular formula is C11H20N2O2. The van der Waals surface area contributed by atoms with Crippen LogP contribution in [0.5, 0.6) is 0 Å². The molecule has 0 aliphatic carbocycles. The fraction of sp³-hybridized carbons (Fsp3) is 0.818. The third kappa shape index (κ3) is 10.8. The van der Waals surface area contributed by atoms with E-state index in [1.54, 1.807) is 0 Å². The zero-order valence-corrected chi connectivity index (χ0v) is 9.42. The van der Waals surface area contributed by atoms with Gasteiger partial charge in [0.1, 0.15) is 0 Å². The fourth-order valence-corrected chi connectivity index (χ4v) is 1.12. The van der Waals surface area contributed by atoms with Gasteiger partial charge in [-0.2, -0.15) is 5.26 Å². The first-order valence-corrected chi connectivity index (χ1v) is 5.52. The van der Waals surface area contributed by atoms with E-state index >= 15 is 0 Å². The van der Waals surface area contributed by atoms with Gasteiger partial charge in [-0.05, 0) is 26.2 Å². The van der Waals surface area contributed by atoms with Crippen LogP contribution in [0.1, 0.15) is 39.0 Å². The predicted molar refractivity (Wildman–Crippen MR) is 58.2 cm³/mol. The van der Waals surface area contributed by atoms with Crippen molar-refractivity contribution in [2.45, 2.75) is 39.0 Å². The molecule has 0 atom stereocenters. The molecule has 0 aromatic rings. The molecule has 0 fully saturated rings. The normalized spacial score (nSPS) is 9.60. The highest BCUT2D eigenvalue weighted by Crippen LogP contribution is 1.93. The van der Waals surface area contributed by atoms with Crippen LogP contribution in [0.25, 0.3) is 0 Å². The van der Waals surface area contributed by atoms with E-state index in [2.05, 4.69) is 11.4 Å². The van der Waals surface area contributed by atoms with Crippen LogP contribution in [0.15, 0.2) is 0 Å². The van der Waals surface area contributed by atoms with E-state index in [9.17, 15) is 4.79 Å². The smallest absolute Gasteiger partial charge is 0.220 e. The van der Waals surface area contributed by atoms with Crippen molar-refractivity contribution in [3.05, 3.63) is 0 Å². The lowest BCUT2D eigenvalue weighted by Gasteiger charge is -2.04. The van der Waals surface area contributed by atoms with Gasteiger partial charge in [-0.3, -0.25) is 4.79 Å². The molecule has 4 nitrogen and oxygen atoms in total. The zero-order valence-electron chi connectivity index (χ0n) is 9.42. The summed E-state index contributed by atoms with van der Waals surface area (Å²) in [4.78, 5) is 11.2. The Morgan fingerprint density at radius 3 is 2.87 bits per heavy atom. The van der Waals surface area contributed by atoms with Gasteiger partial charge in [0.25, 0.3) is 0 Å².